The quantitative estimate of drug-likeness (QED) is 0.174. The van der Waals surface area contributed by atoms with E-state index in [0.717, 1.165) is 30.7 Å². The molecule has 2 N–H and O–H groups in total. The molecule has 0 unspecified atom stereocenters. The van der Waals surface area contributed by atoms with E-state index in [0.29, 0.717) is 21.2 Å². The van der Waals surface area contributed by atoms with E-state index in [-0.39, 0.29) is 31.0 Å². The number of fused-ring (bicyclic) bond motifs is 2. The van der Waals surface area contributed by atoms with Crippen LogP contribution >= 0.6 is 45.9 Å². The Morgan fingerprint density at radius 1 is 0.641 bits per heavy atom. The van der Waals surface area contributed by atoms with Crippen LogP contribution in [0.2, 0.25) is 10.0 Å². The van der Waals surface area contributed by atoms with Crippen molar-refractivity contribution >= 4 is 88.1 Å². The number of hydrogen-bond acceptors (Lipinski definition) is 8. The number of rotatable bonds is 4. The van der Waals surface area contributed by atoms with Crippen molar-refractivity contribution in [1.82, 2.24) is 9.97 Å². The molecule has 11 heteroatoms. The number of nitrogens with zero attached hydrogens (tertiary/aromatic N) is 2. The third-order valence-electron chi connectivity index (χ3n) is 5.24. The standard InChI is InChI=1S/2C14H9ClN2OS.Zn/c2*15-10-5-6-11-13(7-10)19-14(17-11)16-8-9-3-1-2-4-12(9)18;/h2*1-8H,(H,16,17);/b2*9-8-;. The zero-order valence-corrected chi connectivity index (χ0v) is 26.3. The normalized spacial score (nSPS) is 16.1. The fourth-order valence-electron chi connectivity index (χ4n) is 3.40. The fraction of sp³-hybridized carbons (Fsp3) is 0. The van der Waals surface area contributed by atoms with Crippen LogP contribution in [-0.2, 0) is 29.1 Å². The maximum Gasteiger partial charge on any atom is 0.187 e. The second-order valence-electron chi connectivity index (χ2n) is 7.92. The molecule has 190 valence electrons. The average Bonchev–Trinajstić information content (AvgIpc) is 3.50. The topological polar surface area (TPSA) is 84.0 Å². The van der Waals surface area contributed by atoms with E-state index in [1.807, 2.05) is 48.6 Å². The predicted molar refractivity (Wildman–Crippen MR) is 159 cm³/mol. The molecule has 2 aromatic heterocycles. The smallest absolute Gasteiger partial charge is 0.187 e. The Bertz CT molecular complexity index is 1620. The Kier molecular flexibility index (Phi) is 9.78. The number of hydrogen-bond donors (Lipinski definition) is 2. The molecule has 6 rings (SSSR count). The Hall–Kier alpha value is -3.20. The Labute approximate surface area is 254 Å². The maximum atomic E-state index is 11.6. The average molecular weight is 643 g/mol. The summed E-state index contributed by atoms with van der Waals surface area (Å²) in [6.07, 6.45) is 17.0. The van der Waals surface area contributed by atoms with Gasteiger partial charge in [-0.15, -0.1) is 0 Å². The van der Waals surface area contributed by atoms with Crippen LogP contribution in [0.5, 0.6) is 0 Å². The third kappa shape index (κ3) is 7.47. The summed E-state index contributed by atoms with van der Waals surface area (Å²) in [5, 5.41) is 8.96. The molecule has 0 amide bonds. The molecule has 4 aromatic rings. The van der Waals surface area contributed by atoms with Gasteiger partial charge in [-0.1, -0.05) is 70.2 Å². The molecular formula is C28H18Cl2N4O2S2Zn. The summed E-state index contributed by atoms with van der Waals surface area (Å²) in [4.78, 5) is 31.9. The van der Waals surface area contributed by atoms with Gasteiger partial charge in [0.15, 0.2) is 21.8 Å². The van der Waals surface area contributed by atoms with Gasteiger partial charge in [0.2, 0.25) is 0 Å². The van der Waals surface area contributed by atoms with Crippen LogP contribution in [-0.4, -0.2) is 21.5 Å². The van der Waals surface area contributed by atoms with Gasteiger partial charge in [0, 0.05) is 53.1 Å². The van der Waals surface area contributed by atoms with Gasteiger partial charge in [-0.3, -0.25) is 9.59 Å². The zero-order chi connectivity index (χ0) is 26.5. The first-order chi connectivity index (χ1) is 18.4. The molecule has 2 aliphatic carbocycles. The van der Waals surface area contributed by atoms with Gasteiger partial charge >= 0.3 is 0 Å². The number of allylic oxidation sites excluding steroid dienone is 10. The van der Waals surface area contributed by atoms with E-state index in [9.17, 15) is 9.59 Å². The molecule has 0 radical (unpaired) electrons. The number of carbonyl (C=O) groups is 2. The number of thiazole rings is 2. The Morgan fingerprint density at radius 3 is 1.46 bits per heavy atom. The van der Waals surface area contributed by atoms with Gasteiger partial charge in [-0.25, -0.2) is 9.97 Å². The van der Waals surface area contributed by atoms with E-state index in [1.54, 1.807) is 36.7 Å². The minimum atomic E-state index is -0.0147. The molecule has 0 saturated carbocycles. The van der Waals surface area contributed by atoms with Gasteiger partial charge in [0.05, 0.1) is 20.4 Å². The number of carbonyl (C=O) groups excluding carboxylic acids is 2. The van der Waals surface area contributed by atoms with Crippen molar-refractivity contribution < 1.29 is 29.1 Å². The van der Waals surface area contributed by atoms with E-state index in [4.69, 9.17) is 23.2 Å². The summed E-state index contributed by atoms with van der Waals surface area (Å²) >= 11 is 14.9. The number of ketones is 2. The predicted octanol–water partition coefficient (Wildman–Crippen LogP) is 7.88. The van der Waals surface area contributed by atoms with Crippen LogP contribution in [0.25, 0.3) is 20.4 Å². The summed E-state index contributed by atoms with van der Waals surface area (Å²) in [6.45, 7) is 0. The first kappa shape index (κ1) is 28.8. The number of halogens is 2. The largest absolute Gasteiger partial charge is 0.337 e. The number of benzene rings is 2. The number of aromatic nitrogens is 2. The summed E-state index contributed by atoms with van der Waals surface area (Å²) in [7, 11) is 0. The molecule has 0 fully saturated rings. The second kappa shape index (κ2) is 13.2. The molecule has 2 aliphatic rings. The molecule has 0 aliphatic heterocycles. The Balaban J connectivity index is 0.000000176. The fourth-order valence-corrected chi connectivity index (χ4v) is 5.62. The number of nitrogens with one attached hydrogen (secondary N) is 2. The van der Waals surface area contributed by atoms with Crippen LogP contribution in [0.4, 0.5) is 10.3 Å². The molecule has 39 heavy (non-hydrogen) atoms. The summed E-state index contributed by atoms with van der Waals surface area (Å²) in [5.41, 5.74) is 3.00. The van der Waals surface area contributed by atoms with Gasteiger partial charge < -0.3 is 10.6 Å². The van der Waals surface area contributed by atoms with E-state index in [1.165, 1.54) is 34.8 Å². The summed E-state index contributed by atoms with van der Waals surface area (Å²) in [5.74, 6) is -0.0293. The summed E-state index contributed by atoms with van der Waals surface area (Å²) in [6, 6.07) is 11.1. The van der Waals surface area contributed by atoms with Crippen molar-refractivity contribution in [3.63, 3.8) is 0 Å². The van der Waals surface area contributed by atoms with Gasteiger partial charge in [-0.05, 0) is 60.7 Å². The third-order valence-corrected chi connectivity index (χ3v) is 7.61. The van der Waals surface area contributed by atoms with Gasteiger partial charge in [-0.2, -0.15) is 0 Å². The van der Waals surface area contributed by atoms with Gasteiger partial charge in [0.25, 0.3) is 0 Å². The van der Waals surface area contributed by atoms with Crippen LogP contribution in [0, 0.1) is 0 Å². The molecular weight excluding hydrogens is 625 g/mol. The zero-order valence-electron chi connectivity index (χ0n) is 20.2. The van der Waals surface area contributed by atoms with Crippen LogP contribution in [0.1, 0.15) is 0 Å². The first-order valence-corrected chi connectivity index (χ1v) is 13.7. The van der Waals surface area contributed by atoms with Crippen LogP contribution < -0.4 is 10.6 Å². The van der Waals surface area contributed by atoms with Crippen LogP contribution in [0.15, 0.2) is 109 Å². The van der Waals surface area contributed by atoms with Crippen molar-refractivity contribution in [3.8, 4) is 0 Å². The van der Waals surface area contributed by atoms with Crippen molar-refractivity contribution in [2.24, 2.45) is 0 Å². The van der Waals surface area contributed by atoms with E-state index < -0.39 is 0 Å². The molecule has 6 nitrogen and oxygen atoms in total. The van der Waals surface area contributed by atoms with Gasteiger partial charge in [0.1, 0.15) is 0 Å². The molecule has 0 spiro atoms. The Morgan fingerprint density at radius 2 is 1.05 bits per heavy atom. The summed E-state index contributed by atoms with van der Waals surface area (Å²) < 4.78 is 2.03. The van der Waals surface area contributed by atoms with Crippen molar-refractivity contribution in [3.05, 3.63) is 119 Å². The molecule has 2 aromatic carbocycles. The first-order valence-electron chi connectivity index (χ1n) is 11.3. The van der Waals surface area contributed by atoms with E-state index in [2.05, 4.69) is 20.6 Å². The van der Waals surface area contributed by atoms with Crippen LogP contribution in [0.3, 0.4) is 0 Å². The molecule has 0 saturated heterocycles. The molecule has 0 bridgehead atoms. The maximum absolute atomic E-state index is 11.6. The second-order valence-corrected chi connectivity index (χ2v) is 10.8. The van der Waals surface area contributed by atoms with Crippen molar-refractivity contribution in [1.29, 1.82) is 0 Å². The van der Waals surface area contributed by atoms with Crippen molar-refractivity contribution in [2.75, 3.05) is 10.6 Å². The SMILES string of the molecule is O=C1C=CC=C/C1=C/Nc1nc2ccc(Cl)cc2s1.O=C1C=CC=C/C1=C/Nc1nc2ccc(Cl)cc2s1.[Zn]. The minimum Gasteiger partial charge on any atom is -0.337 e. The van der Waals surface area contributed by atoms with Crippen molar-refractivity contribution in [2.45, 2.75) is 0 Å². The van der Waals surface area contributed by atoms with E-state index >= 15 is 0 Å². The molecule has 2 heterocycles. The monoisotopic (exact) mass is 640 g/mol. The molecule has 0 atom stereocenters. The number of anilines is 2. The minimum absolute atomic E-state index is 0.